The zero-order chi connectivity index (χ0) is 24.1. The van der Waals surface area contributed by atoms with E-state index < -0.39 is 38.9 Å². The van der Waals surface area contributed by atoms with Gasteiger partial charge in [0.1, 0.15) is 23.0 Å². The average molecular weight is 514 g/mol. The molecule has 0 aliphatic rings. The molecule has 1 aromatic heterocycles. The van der Waals surface area contributed by atoms with Gasteiger partial charge in [0.15, 0.2) is 5.82 Å². The molecule has 6 nitrogen and oxygen atoms in total. The first kappa shape index (κ1) is 23.1. The van der Waals surface area contributed by atoms with Crippen LogP contribution in [0.3, 0.4) is 0 Å². The van der Waals surface area contributed by atoms with Crippen LogP contribution in [0, 0.1) is 17.5 Å². The standard InChI is InChI=1S/C21H12Cl2F3N3O3S/c1-33(31,32)28-21(30)14-7-11(22)8-18(19(14)26)29-17-5-3-12(24)9-13(17)20(27-29)10-2-4-15(23)16(25)6-10/h2-9H,1H3,(H,28,30). The Balaban J connectivity index is 1.98. The van der Waals surface area contributed by atoms with E-state index in [2.05, 4.69) is 5.10 Å². The monoisotopic (exact) mass is 513 g/mol. The van der Waals surface area contributed by atoms with Crippen molar-refractivity contribution in [2.75, 3.05) is 6.26 Å². The SMILES string of the molecule is CS(=O)(=O)NC(=O)c1cc(Cl)cc(-n2nc(-c3ccc(Cl)c(F)c3)c3cc(F)ccc32)c1F. The van der Waals surface area contributed by atoms with Gasteiger partial charge in [0.25, 0.3) is 5.91 Å². The smallest absolute Gasteiger partial charge is 0.267 e. The van der Waals surface area contributed by atoms with Gasteiger partial charge in [-0.3, -0.25) is 4.79 Å². The molecule has 4 aromatic rings. The van der Waals surface area contributed by atoms with Crippen LogP contribution in [0.1, 0.15) is 10.4 Å². The lowest BCUT2D eigenvalue weighted by molar-refractivity contribution is 0.0977. The molecular formula is C21H12Cl2F3N3O3S. The number of halogens is 5. The third kappa shape index (κ3) is 4.54. The summed E-state index contributed by atoms with van der Waals surface area (Å²) in [7, 11) is -3.98. The summed E-state index contributed by atoms with van der Waals surface area (Å²) in [5, 5.41) is 4.31. The average Bonchev–Trinajstić information content (AvgIpc) is 3.08. The molecule has 12 heteroatoms. The topological polar surface area (TPSA) is 81.1 Å². The van der Waals surface area contributed by atoms with Crippen molar-refractivity contribution >= 4 is 50.0 Å². The van der Waals surface area contributed by atoms with Crippen LogP contribution in [-0.4, -0.2) is 30.4 Å². The number of hydrogen-bond donors (Lipinski definition) is 1. The molecule has 4 rings (SSSR count). The number of fused-ring (bicyclic) bond motifs is 1. The number of carbonyl (C=O) groups excluding carboxylic acids is 1. The highest BCUT2D eigenvalue weighted by atomic mass is 35.5. The van der Waals surface area contributed by atoms with Gasteiger partial charge in [-0.2, -0.15) is 5.10 Å². The molecule has 0 atom stereocenters. The van der Waals surface area contributed by atoms with E-state index in [1.54, 1.807) is 4.72 Å². The van der Waals surface area contributed by atoms with Gasteiger partial charge in [0.05, 0.1) is 22.4 Å². The molecule has 0 saturated carbocycles. The zero-order valence-electron chi connectivity index (χ0n) is 16.5. The fourth-order valence-corrected chi connectivity index (χ4v) is 4.02. The fraction of sp³-hybridized carbons (Fsp3) is 0.0476. The quantitative estimate of drug-likeness (QED) is 0.411. The number of benzene rings is 3. The Morgan fingerprint density at radius 3 is 2.42 bits per heavy atom. The predicted octanol–water partition coefficient (Wildman–Crippen LogP) is 5.11. The fourth-order valence-electron chi connectivity index (χ4n) is 3.25. The van der Waals surface area contributed by atoms with Gasteiger partial charge in [0.2, 0.25) is 10.0 Å². The summed E-state index contributed by atoms with van der Waals surface area (Å²) in [5.41, 5.74) is -0.381. The Bertz CT molecular complexity index is 1560. The predicted molar refractivity (Wildman–Crippen MR) is 119 cm³/mol. The highest BCUT2D eigenvalue weighted by Gasteiger charge is 2.23. The van der Waals surface area contributed by atoms with E-state index in [9.17, 15) is 22.0 Å². The largest absolute Gasteiger partial charge is 0.268 e. The van der Waals surface area contributed by atoms with E-state index >= 15 is 4.39 Å². The maximum Gasteiger partial charge on any atom is 0.267 e. The van der Waals surface area contributed by atoms with Crippen molar-refractivity contribution in [3.63, 3.8) is 0 Å². The third-order valence-corrected chi connectivity index (χ3v) is 5.68. The Morgan fingerprint density at radius 1 is 1.03 bits per heavy atom. The Morgan fingerprint density at radius 2 is 1.76 bits per heavy atom. The van der Waals surface area contributed by atoms with Crippen LogP contribution in [-0.2, 0) is 10.0 Å². The van der Waals surface area contributed by atoms with Crippen LogP contribution in [0.4, 0.5) is 13.2 Å². The summed E-state index contributed by atoms with van der Waals surface area (Å²) in [6.45, 7) is 0. The van der Waals surface area contributed by atoms with E-state index in [1.165, 1.54) is 18.2 Å². The van der Waals surface area contributed by atoms with Crippen LogP contribution < -0.4 is 4.72 Å². The van der Waals surface area contributed by atoms with E-state index in [0.717, 1.165) is 41.3 Å². The molecule has 0 bridgehead atoms. The molecule has 1 amide bonds. The number of aromatic nitrogens is 2. The van der Waals surface area contributed by atoms with Crippen molar-refractivity contribution in [3.05, 3.63) is 81.6 Å². The lowest BCUT2D eigenvalue weighted by atomic mass is 10.1. The molecule has 0 aliphatic heterocycles. The lowest BCUT2D eigenvalue weighted by Gasteiger charge is -2.10. The summed E-state index contributed by atoms with van der Waals surface area (Å²) in [4.78, 5) is 12.3. The second kappa shape index (κ2) is 8.36. The van der Waals surface area contributed by atoms with E-state index in [-0.39, 0.29) is 37.9 Å². The summed E-state index contributed by atoms with van der Waals surface area (Å²) < 4.78 is 69.0. The molecule has 33 heavy (non-hydrogen) atoms. The van der Waals surface area contributed by atoms with Crippen molar-refractivity contribution in [2.24, 2.45) is 0 Å². The van der Waals surface area contributed by atoms with Gasteiger partial charge in [0, 0.05) is 16.0 Å². The number of nitrogens with zero attached hydrogens (tertiary/aromatic N) is 2. The third-order valence-electron chi connectivity index (χ3n) is 4.60. The minimum absolute atomic E-state index is 0.0881. The molecule has 1 heterocycles. The number of amides is 1. The Labute approximate surface area is 195 Å². The van der Waals surface area contributed by atoms with Gasteiger partial charge >= 0.3 is 0 Å². The summed E-state index contributed by atoms with van der Waals surface area (Å²) in [6.07, 6.45) is 0.737. The summed E-state index contributed by atoms with van der Waals surface area (Å²) >= 11 is 11.8. The molecule has 0 spiro atoms. The van der Waals surface area contributed by atoms with Crippen molar-refractivity contribution in [2.45, 2.75) is 0 Å². The van der Waals surface area contributed by atoms with E-state index in [1.807, 2.05) is 0 Å². The molecule has 170 valence electrons. The first-order chi connectivity index (χ1) is 15.4. The molecule has 0 unspecified atom stereocenters. The number of rotatable bonds is 4. The van der Waals surface area contributed by atoms with Gasteiger partial charge < -0.3 is 0 Å². The first-order valence-corrected chi connectivity index (χ1v) is 11.7. The lowest BCUT2D eigenvalue weighted by Crippen LogP contribution is -2.30. The van der Waals surface area contributed by atoms with Crippen LogP contribution in [0.25, 0.3) is 27.8 Å². The van der Waals surface area contributed by atoms with Gasteiger partial charge in [-0.25, -0.2) is 31.0 Å². The zero-order valence-corrected chi connectivity index (χ0v) is 18.9. The summed E-state index contributed by atoms with van der Waals surface area (Å²) in [5.74, 6) is -3.70. The second-order valence-electron chi connectivity index (χ2n) is 7.04. The van der Waals surface area contributed by atoms with E-state index in [4.69, 9.17) is 23.2 Å². The number of carbonyl (C=O) groups is 1. The molecule has 3 aromatic carbocycles. The van der Waals surface area contributed by atoms with Crippen molar-refractivity contribution in [1.82, 2.24) is 14.5 Å². The molecule has 0 aliphatic carbocycles. The molecule has 0 saturated heterocycles. The number of nitrogens with one attached hydrogen (secondary N) is 1. The van der Waals surface area contributed by atoms with Crippen molar-refractivity contribution in [3.8, 4) is 16.9 Å². The highest BCUT2D eigenvalue weighted by molar-refractivity contribution is 7.89. The van der Waals surface area contributed by atoms with Crippen molar-refractivity contribution in [1.29, 1.82) is 0 Å². The van der Waals surface area contributed by atoms with Gasteiger partial charge in [-0.05, 0) is 42.5 Å². The maximum absolute atomic E-state index is 15.4. The Kier molecular flexibility index (Phi) is 5.85. The minimum Gasteiger partial charge on any atom is -0.268 e. The van der Waals surface area contributed by atoms with Crippen LogP contribution in [0.2, 0.25) is 10.0 Å². The number of hydrogen-bond acceptors (Lipinski definition) is 4. The normalized spacial score (nSPS) is 11.7. The first-order valence-electron chi connectivity index (χ1n) is 9.10. The second-order valence-corrected chi connectivity index (χ2v) is 9.63. The van der Waals surface area contributed by atoms with Crippen LogP contribution in [0.15, 0.2) is 48.5 Å². The Hall–Kier alpha value is -3.08. The minimum atomic E-state index is -3.98. The maximum atomic E-state index is 15.4. The molecular weight excluding hydrogens is 502 g/mol. The van der Waals surface area contributed by atoms with E-state index in [0.29, 0.717) is 0 Å². The van der Waals surface area contributed by atoms with Crippen LogP contribution >= 0.6 is 23.2 Å². The molecule has 1 N–H and O–H groups in total. The van der Waals surface area contributed by atoms with Gasteiger partial charge in [-0.1, -0.05) is 29.3 Å². The highest BCUT2D eigenvalue weighted by Crippen LogP contribution is 2.34. The molecule has 0 radical (unpaired) electrons. The molecule has 0 fully saturated rings. The summed E-state index contributed by atoms with van der Waals surface area (Å²) in [6, 6.07) is 9.55. The number of sulfonamides is 1. The van der Waals surface area contributed by atoms with Gasteiger partial charge in [-0.15, -0.1) is 0 Å². The van der Waals surface area contributed by atoms with Crippen molar-refractivity contribution < 1.29 is 26.4 Å². The van der Waals surface area contributed by atoms with Crippen LogP contribution in [0.5, 0.6) is 0 Å².